The first-order valence-electron chi connectivity index (χ1n) is 16.1. The molecule has 3 aliphatic rings. The van der Waals surface area contributed by atoms with E-state index >= 15 is 0 Å². The lowest BCUT2D eigenvalue weighted by atomic mass is 9.91. The van der Waals surface area contributed by atoms with Crippen molar-refractivity contribution in [2.75, 3.05) is 70.5 Å². The Morgan fingerprint density at radius 1 is 1.18 bits per heavy atom. The van der Waals surface area contributed by atoms with Gasteiger partial charge in [-0.25, -0.2) is 0 Å². The summed E-state index contributed by atoms with van der Waals surface area (Å²) in [7, 11) is 0. The number of benzene rings is 1. The molecule has 0 bridgehead atoms. The highest BCUT2D eigenvalue weighted by Crippen LogP contribution is 2.46. The second-order valence-corrected chi connectivity index (χ2v) is 13.3. The zero-order valence-corrected chi connectivity index (χ0v) is 27.7. The van der Waals surface area contributed by atoms with E-state index in [4.69, 9.17) is 21.4 Å². The van der Waals surface area contributed by atoms with E-state index in [1.54, 1.807) is 0 Å². The lowest BCUT2D eigenvalue weighted by Crippen LogP contribution is -2.62. The highest BCUT2D eigenvalue weighted by Gasteiger charge is 2.41. The predicted octanol–water partition coefficient (Wildman–Crippen LogP) is 4.20. The lowest BCUT2D eigenvalue weighted by Gasteiger charge is -2.50. The fraction of sp³-hybridized carbons (Fsp3) is 0.576. The fourth-order valence-corrected chi connectivity index (χ4v) is 7.56. The van der Waals surface area contributed by atoms with Gasteiger partial charge < -0.3 is 19.4 Å². The molecule has 12 heteroatoms. The van der Waals surface area contributed by atoms with Crippen LogP contribution in [0.5, 0.6) is 0 Å². The highest BCUT2D eigenvalue weighted by atomic mass is 35.5. The van der Waals surface area contributed by atoms with Crippen LogP contribution in [0.15, 0.2) is 24.9 Å². The van der Waals surface area contributed by atoms with Crippen LogP contribution in [0.1, 0.15) is 50.4 Å². The van der Waals surface area contributed by atoms with Gasteiger partial charge in [-0.3, -0.25) is 24.3 Å². The topological polar surface area (TPSA) is 103 Å². The largest absolute Gasteiger partial charge is 0.370 e. The highest BCUT2D eigenvalue weighted by molar-refractivity contribution is 6.36. The number of halogens is 1. The van der Waals surface area contributed by atoms with E-state index in [9.17, 15) is 9.59 Å². The molecule has 2 amide bonds. The normalized spacial score (nSPS) is 22.1. The molecule has 3 aliphatic heterocycles. The first kappa shape index (κ1) is 31.6. The predicted molar refractivity (Wildman–Crippen MR) is 177 cm³/mol. The molecule has 3 fully saturated rings. The molecule has 1 aromatic carbocycles. The van der Waals surface area contributed by atoms with Gasteiger partial charge in [-0.15, -0.1) is 0 Å². The molecule has 45 heavy (non-hydrogen) atoms. The number of nitrogens with one attached hydrogen (secondary N) is 1. The number of piperidine rings is 1. The number of morpholine rings is 1. The summed E-state index contributed by atoms with van der Waals surface area (Å²) < 4.78 is 7.51. The van der Waals surface area contributed by atoms with Crippen molar-refractivity contribution in [1.82, 2.24) is 34.7 Å². The average Bonchev–Trinajstić information content (AvgIpc) is 3.65. The summed E-state index contributed by atoms with van der Waals surface area (Å²) in [5.41, 5.74) is 4.82. The molecule has 3 saturated heterocycles. The number of carbonyl (C=O) groups is 2. The Balaban J connectivity index is 1.37. The summed E-state index contributed by atoms with van der Waals surface area (Å²) >= 11 is 7.17. The number of piperazine rings is 1. The molecular formula is C33H45ClN8O3. The van der Waals surface area contributed by atoms with Gasteiger partial charge in [0, 0.05) is 74.6 Å². The minimum Gasteiger partial charge on any atom is -0.370 e. The number of aromatic amines is 1. The number of rotatable bonds is 8. The van der Waals surface area contributed by atoms with Gasteiger partial charge in [-0.1, -0.05) is 25.1 Å². The van der Waals surface area contributed by atoms with Crippen molar-refractivity contribution in [3.05, 3.63) is 41.2 Å². The Morgan fingerprint density at radius 3 is 2.67 bits per heavy atom. The zero-order valence-electron chi connectivity index (χ0n) is 26.9. The van der Waals surface area contributed by atoms with Gasteiger partial charge in [-0.2, -0.15) is 10.2 Å². The Hall–Kier alpha value is -3.41. The summed E-state index contributed by atoms with van der Waals surface area (Å²) in [6.45, 7) is 19.3. The van der Waals surface area contributed by atoms with Crippen molar-refractivity contribution in [3.63, 3.8) is 0 Å². The summed E-state index contributed by atoms with van der Waals surface area (Å²) in [4.78, 5) is 33.4. The molecule has 0 unspecified atom stereocenters. The molecule has 1 atom stereocenters. The van der Waals surface area contributed by atoms with Crippen LogP contribution in [0.25, 0.3) is 22.0 Å². The number of aromatic nitrogens is 4. The van der Waals surface area contributed by atoms with Crippen molar-refractivity contribution >= 4 is 40.1 Å². The number of amides is 2. The molecule has 2 aromatic heterocycles. The first-order chi connectivity index (χ1) is 21.6. The minimum absolute atomic E-state index is 0.0181. The number of hydrogen-bond acceptors (Lipinski definition) is 7. The van der Waals surface area contributed by atoms with Gasteiger partial charge in [0.2, 0.25) is 11.8 Å². The molecule has 0 saturated carbocycles. The third kappa shape index (κ3) is 5.86. The van der Waals surface area contributed by atoms with E-state index in [1.807, 2.05) is 29.0 Å². The van der Waals surface area contributed by atoms with Gasteiger partial charge in [0.1, 0.15) is 6.61 Å². The third-order valence-electron chi connectivity index (χ3n) is 10.2. The maximum absolute atomic E-state index is 12.3. The Labute approximate surface area is 270 Å². The molecule has 11 nitrogen and oxygen atoms in total. The Kier molecular flexibility index (Phi) is 8.96. The number of likely N-dealkylation sites (tertiary alicyclic amines) is 1. The Bertz CT molecular complexity index is 1590. The molecule has 6 rings (SSSR count). The number of ether oxygens (including phenoxy) is 1. The number of hydrogen-bond donors (Lipinski definition) is 1. The van der Waals surface area contributed by atoms with Crippen LogP contribution in [-0.4, -0.2) is 118 Å². The van der Waals surface area contributed by atoms with Crippen molar-refractivity contribution in [2.24, 2.45) is 0 Å². The van der Waals surface area contributed by atoms with E-state index in [0.29, 0.717) is 37.8 Å². The second-order valence-electron chi connectivity index (χ2n) is 12.9. The van der Waals surface area contributed by atoms with Gasteiger partial charge in [0.05, 0.1) is 34.9 Å². The summed E-state index contributed by atoms with van der Waals surface area (Å²) in [5.74, 6) is 0.999. The molecule has 0 spiro atoms. The SMILES string of the molecule is C=CC(=O)N1CCC(n2nc(N3CCN(CCN4CCOCC4=O)C[C@]3(C)CC)c(-c3c(Cl)c(C)cc4[nH]ncc34)c2C)CC1. The number of carbonyl (C=O) groups excluding carboxylic acids is 2. The fourth-order valence-electron chi connectivity index (χ4n) is 7.31. The van der Waals surface area contributed by atoms with E-state index in [1.165, 1.54) is 6.08 Å². The lowest BCUT2D eigenvalue weighted by molar-refractivity contribution is -0.142. The number of fused-ring (bicyclic) bond motifs is 1. The van der Waals surface area contributed by atoms with Gasteiger partial charge in [0.15, 0.2) is 5.82 Å². The van der Waals surface area contributed by atoms with Crippen LogP contribution < -0.4 is 4.90 Å². The molecule has 5 heterocycles. The van der Waals surface area contributed by atoms with Gasteiger partial charge in [-0.05, 0) is 57.7 Å². The average molecular weight is 637 g/mol. The molecule has 3 aromatic rings. The van der Waals surface area contributed by atoms with Crippen LogP contribution >= 0.6 is 11.6 Å². The summed E-state index contributed by atoms with van der Waals surface area (Å²) in [6, 6.07) is 2.21. The van der Waals surface area contributed by atoms with E-state index in [-0.39, 0.29) is 30.0 Å². The monoisotopic (exact) mass is 636 g/mol. The van der Waals surface area contributed by atoms with E-state index in [0.717, 1.165) is 84.5 Å². The van der Waals surface area contributed by atoms with Crippen LogP contribution in [0.4, 0.5) is 5.82 Å². The minimum atomic E-state index is -0.195. The van der Waals surface area contributed by atoms with Crippen molar-refractivity contribution in [3.8, 4) is 11.1 Å². The maximum Gasteiger partial charge on any atom is 0.248 e. The van der Waals surface area contributed by atoms with E-state index < -0.39 is 0 Å². The molecule has 242 valence electrons. The standard InChI is InChI=1S/C33H45ClN8O3/c1-6-27(43)39-10-8-24(9-11-39)42-23(4)29(30-25-19-35-36-26(25)18-22(3)31(30)34)32(37-42)41-15-13-38(21-33(41,5)7-2)12-14-40-16-17-45-20-28(40)44/h6,18-19,24H,1,7-17,20-21H2,2-5H3,(H,35,36)/t33-/m0/s1. The van der Waals surface area contributed by atoms with Crippen molar-refractivity contribution in [1.29, 1.82) is 0 Å². The third-order valence-corrected chi connectivity index (χ3v) is 10.7. The summed E-state index contributed by atoms with van der Waals surface area (Å²) in [5, 5.41) is 14.6. The van der Waals surface area contributed by atoms with Crippen molar-refractivity contribution < 1.29 is 14.3 Å². The van der Waals surface area contributed by atoms with Gasteiger partial charge in [0.25, 0.3) is 0 Å². The Morgan fingerprint density at radius 2 is 1.96 bits per heavy atom. The van der Waals surface area contributed by atoms with Crippen LogP contribution in [0.2, 0.25) is 5.02 Å². The van der Waals surface area contributed by atoms with Crippen molar-refractivity contribution in [2.45, 2.75) is 58.5 Å². The number of nitrogens with zero attached hydrogens (tertiary/aromatic N) is 7. The van der Waals surface area contributed by atoms with Gasteiger partial charge >= 0.3 is 0 Å². The number of aryl methyl sites for hydroxylation is 1. The van der Waals surface area contributed by atoms with Crippen LogP contribution in [-0.2, 0) is 14.3 Å². The molecule has 0 radical (unpaired) electrons. The smallest absolute Gasteiger partial charge is 0.248 e. The number of anilines is 1. The van der Waals surface area contributed by atoms with E-state index in [2.05, 4.69) is 52.0 Å². The summed E-state index contributed by atoms with van der Waals surface area (Å²) in [6.07, 6.45) is 5.83. The molecule has 0 aliphatic carbocycles. The maximum atomic E-state index is 12.3. The quantitative estimate of drug-likeness (QED) is 0.370. The molecular weight excluding hydrogens is 592 g/mol. The van der Waals surface area contributed by atoms with Crippen LogP contribution in [0, 0.1) is 13.8 Å². The first-order valence-corrected chi connectivity index (χ1v) is 16.5. The zero-order chi connectivity index (χ0) is 31.9. The van der Waals surface area contributed by atoms with Crippen LogP contribution in [0.3, 0.4) is 0 Å². The molecule has 1 N–H and O–H groups in total. The second kappa shape index (κ2) is 12.8. The number of H-pyrrole nitrogens is 1.